The fourth-order valence-corrected chi connectivity index (χ4v) is 5.18. The summed E-state index contributed by atoms with van der Waals surface area (Å²) in [5.74, 6) is -0.127. The van der Waals surface area contributed by atoms with Crippen molar-refractivity contribution in [3.05, 3.63) is 59.9 Å². The number of aryl methyl sites for hydroxylation is 1. The Bertz CT molecular complexity index is 920. The molecule has 1 saturated carbocycles. The van der Waals surface area contributed by atoms with Crippen LogP contribution in [0.2, 0.25) is 0 Å². The number of carbonyl (C=O) groups excluding carboxylic acids is 1. The van der Waals surface area contributed by atoms with Gasteiger partial charge in [-0.1, -0.05) is 49.8 Å². The van der Waals surface area contributed by atoms with Crippen molar-refractivity contribution in [3.63, 3.8) is 0 Å². The molecule has 0 amide bonds. The molecule has 1 aliphatic carbocycles. The first kappa shape index (κ1) is 19.8. The molecule has 5 atom stereocenters. The van der Waals surface area contributed by atoms with Gasteiger partial charge in [-0.25, -0.2) is 4.79 Å². The van der Waals surface area contributed by atoms with Gasteiger partial charge in [-0.3, -0.25) is 4.98 Å². The molecule has 1 N–H and O–H groups in total. The Hall–Kier alpha value is -2.46. The highest BCUT2D eigenvalue weighted by Gasteiger charge is 2.60. The second-order valence-corrected chi connectivity index (χ2v) is 8.49. The smallest absolute Gasteiger partial charge is 0.338 e. The summed E-state index contributed by atoms with van der Waals surface area (Å²) in [7, 11) is 0. The molecular formula is C25H29NO3. The zero-order chi connectivity index (χ0) is 20.6. The predicted molar refractivity (Wildman–Crippen MR) is 114 cm³/mol. The third-order valence-electron chi connectivity index (χ3n) is 6.81. The molecule has 0 spiro atoms. The zero-order valence-corrected chi connectivity index (χ0v) is 17.3. The van der Waals surface area contributed by atoms with E-state index in [-0.39, 0.29) is 17.9 Å². The Morgan fingerprint density at radius 2 is 2.07 bits per heavy atom. The van der Waals surface area contributed by atoms with E-state index in [2.05, 4.69) is 43.1 Å². The fourth-order valence-electron chi connectivity index (χ4n) is 5.18. The van der Waals surface area contributed by atoms with Gasteiger partial charge in [-0.15, -0.1) is 0 Å². The van der Waals surface area contributed by atoms with Crippen molar-refractivity contribution in [3.8, 4) is 11.1 Å². The average molecular weight is 392 g/mol. The number of benzene rings is 1. The average Bonchev–Trinajstić information content (AvgIpc) is 2.95. The molecule has 4 unspecified atom stereocenters. The van der Waals surface area contributed by atoms with Crippen LogP contribution in [0.3, 0.4) is 0 Å². The van der Waals surface area contributed by atoms with Crippen LogP contribution in [0.25, 0.3) is 17.2 Å². The van der Waals surface area contributed by atoms with E-state index in [1.54, 1.807) is 0 Å². The quantitative estimate of drug-likeness (QED) is 0.761. The highest BCUT2D eigenvalue weighted by Crippen LogP contribution is 2.50. The van der Waals surface area contributed by atoms with Crippen molar-refractivity contribution >= 4 is 12.0 Å². The van der Waals surface area contributed by atoms with Crippen LogP contribution in [-0.2, 0) is 9.53 Å². The molecule has 4 rings (SSSR count). The topological polar surface area (TPSA) is 59.4 Å². The molecule has 152 valence electrons. The number of cyclic esters (lactones) is 1. The molecule has 2 heterocycles. The first-order valence-corrected chi connectivity index (χ1v) is 10.6. The van der Waals surface area contributed by atoms with E-state index < -0.39 is 11.6 Å². The zero-order valence-electron chi connectivity index (χ0n) is 17.3. The van der Waals surface area contributed by atoms with E-state index >= 15 is 0 Å². The summed E-state index contributed by atoms with van der Waals surface area (Å²) in [6.45, 7) is 6.17. The predicted octanol–water partition coefficient (Wildman–Crippen LogP) is 4.80. The lowest BCUT2D eigenvalue weighted by atomic mass is 9.62. The van der Waals surface area contributed by atoms with Crippen LogP contribution < -0.4 is 0 Å². The monoisotopic (exact) mass is 391 g/mol. The van der Waals surface area contributed by atoms with Crippen molar-refractivity contribution in [1.82, 2.24) is 4.98 Å². The third-order valence-corrected chi connectivity index (χ3v) is 6.81. The summed E-state index contributed by atoms with van der Waals surface area (Å²) in [4.78, 5) is 16.9. The largest absolute Gasteiger partial charge is 0.460 e. The standard InChI is InChI=1S/C25H29NO3/c1-4-18-13-14-25(28)23(17(3)29-24(25)27)22(18)12-11-20-10-9-19(15-26-20)21-8-6-5-7-16(21)2/h5-12,15,17-18,22-23,28H,4,13-14H2,1-3H3/b12-11+/t17-,18?,22?,23?,25?/m1/s1. The number of allylic oxidation sites excluding steroid dienone is 1. The molecule has 1 aliphatic heterocycles. The molecule has 0 bridgehead atoms. The molecule has 2 fully saturated rings. The van der Waals surface area contributed by atoms with E-state index in [4.69, 9.17) is 4.74 Å². The highest BCUT2D eigenvalue weighted by atomic mass is 16.6. The maximum absolute atomic E-state index is 12.2. The maximum atomic E-state index is 12.2. The van der Waals surface area contributed by atoms with Gasteiger partial charge in [0.05, 0.1) is 5.69 Å². The van der Waals surface area contributed by atoms with Gasteiger partial charge in [0.25, 0.3) is 0 Å². The van der Waals surface area contributed by atoms with E-state index in [0.717, 1.165) is 24.1 Å². The van der Waals surface area contributed by atoms with Crippen LogP contribution in [0.15, 0.2) is 48.7 Å². The normalized spacial score (nSPS) is 31.7. The van der Waals surface area contributed by atoms with Crippen LogP contribution >= 0.6 is 0 Å². The van der Waals surface area contributed by atoms with Crippen molar-refractivity contribution in [2.45, 2.75) is 51.7 Å². The van der Waals surface area contributed by atoms with Gasteiger partial charge in [0.2, 0.25) is 0 Å². The van der Waals surface area contributed by atoms with Gasteiger partial charge < -0.3 is 9.84 Å². The first-order chi connectivity index (χ1) is 13.9. The van der Waals surface area contributed by atoms with Gasteiger partial charge in [0, 0.05) is 17.7 Å². The third kappa shape index (κ3) is 3.51. The molecule has 29 heavy (non-hydrogen) atoms. The van der Waals surface area contributed by atoms with Crippen molar-refractivity contribution in [2.24, 2.45) is 17.8 Å². The number of pyridine rings is 1. The molecule has 1 aromatic carbocycles. The van der Waals surface area contributed by atoms with Crippen molar-refractivity contribution in [1.29, 1.82) is 0 Å². The summed E-state index contributed by atoms with van der Waals surface area (Å²) in [6, 6.07) is 12.4. The molecule has 4 heteroatoms. The fraction of sp³-hybridized carbons (Fsp3) is 0.440. The van der Waals surface area contributed by atoms with Gasteiger partial charge in [-0.2, -0.15) is 0 Å². The van der Waals surface area contributed by atoms with Gasteiger partial charge >= 0.3 is 5.97 Å². The number of fused-ring (bicyclic) bond motifs is 1. The molecule has 1 saturated heterocycles. The Labute approximate surface area is 172 Å². The minimum Gasteiger partial charge on any atom is -0.460 e. The highest BCUT2D eigenvalue weighted by molar-refractivity contribution is 5.82. The molecule has 1 aromatic heterocycles. The molecule has 2 aliphatic rings. The Morgan fingerprint density at radius 3 is 2.76 bits per heavy atom. The number of aliphatic hydroxyl groups is 1. The van der Waals surface area contributed by atoms with Gasteiger partial charge in [0.15, 0.2) is 5.60 Å². The van der Waals surface area contributed by atoms with E-state index in [0.29, 0.717) is 12.3 Å². The van der Waals surface area contributed by atoms with Crippen LogP contribution in [0.1, 0.15) is 44.4 Å². The summed E-state index contributed by atoms with van der Waals surface area (Å²) in [6.07, 6.45) is 8.14. The molecule has 0 radical (unpaired) electrons. The SMILES string of the molecule is CCC1CCC2(O)C(=O)O[C@H](C)C2C1/C=C/c1ccc(-c2ccccc2C)cn1. The number of nitrogens with zero attached hydrogens (tertiary/aromatic N) is 1. The number of hydrogen-bond donors (Lipinski definition) is 1. The lowest BCUT2D eigenvalue weighted by Gasteiger charge is -2.41. The van der Waals surface area contributed by atoms with Crippen LogP contribution in [0.4, 0.5) is 0 Å². The molecule has 4 nitrogen and oxygen atoms in total. The Morgan fingerprint density at radius 1 is 1.28 bits per heavy atom. The number of hydrogen-bond acceptors (Lipinski definition) is 4. The lowest BCUT2D eigenvalue weighted by Crippen LogP contribution is -2.50. The van der Waals surface area contributed by atoms with Crippen molar-refractivity contribution in [2.75, 3.05) is 0 Å². The van der Waals surface area contributed by atoms with Gasteiger partial charge in [-0.05, 0) is 61.8 Å². The summed E-state index contributed by atoms with van der Waals surface area (Å²) in [5, 5.41) is 11.0. The molecular weight excluding hydrogens is 362 g/mol. The second kappa shape index (κ2) is 7.75. The number of carbonyl (C=O) groups is 1. The van der Waals surface area contributed by atoms with Crippen molar-refractivity contribution < 1.29 is 14.6 Å². The first-order valence-electron chi connectivity index (χ1n) is 10.6. The number of ether oxygens (including phenoxy) is 1. The Kier molecular flexibility index (Phi) is 5.30. The summed E-state index contributed by atoms with van der Waals surface area (Å²) < 4.78 is 5.42. The summed E-state index contributed by atoms with van der Waals surface area (Å²) in [5.41, 5.74) is 3.05. The Balaban J connectivity index is 1.58. The number of aromatic nitrogens is 1. The minimum absolute atomic E-state index is 0.0954. The van der Waals surface area contributed by atoms with Crippen LogP contribution in [0, 0.1) is 24.7 Å². The number of rotatable bonds is 4. The lowest BCUT2D eigenvalue weighted by molar-refractivity contribution is -0.158. The molecule has 2 aromatic rings. The van der Waals surface area contributed by atoms with E-state index in [1.165, 1.54) is 11.1 Å². The van der Waals surface area contributed by atoms with E-state index in [9.17, 15) is 9.90 Å². The second-order valence-electron chi connectivity index (χ2n) is 8.49. The van der Waals surface area contributed by atoms with Gasteiger partial charge in [0.1, 0.15) is 6.10 Å². The summed E-state index contributed by atoms with van der Waals surface area (Å²) >= 11 is 0. The number of esters is 1. The van der Waals surface area contributed by atoms with E-state index in [1.807, 2.05) is 37.4 Å². The minimum atomic E-state index is -1.35. The van der Waals surface area contributed by atoms with Crippen LogP contribution in [-0.4, -0.2) is 27.8 Å². The van der Waals surface area contributed by atoms with Crippen LogP contribution in [0.5, 0.6) is 0 Å². The maximum Gasteiger partial charge on any atom is 0.338 e.